The van der Waals surface area contributed by atoms with E-state index < -0.39 is 11.7 Å². The summed E-state index contributed by atoms with van der Waals surface area (Å²) in [6, 6.07) is 13.1. The van der Waals surface area contributed by atoms with Crippen molar-refractivity contribution in [2.45, 2.75) is 32.0 Å². The molecule has 0 bridgehead atoms. The van der Waals surface area contributed by atoms with Crippen molar-refractivity contribution in [3.63, 3.8) is 0 Å². The van der Waals surface area contributed by atoms with Crippen LogP contribution in [-0.2, 0) is 19.2 Å². The topological polar surface area (TPSA) is 21.3 Å². The predicted octanol–water partition coefficient (Wildman–Crippen LogP) is 4.83. The van der Waals surface area contributed by atoms with Crippen molar-refractivity contribution >= 4 is 0 Å². The van der Waals surface area contributed by atoms with Crippen molar-refractivity contribution in [2.75, 3.05) is 13.1 Å². The van der Waals surface area contributed by atoms with E-state index in [1.165, 1.54) is 30.5 Å². The van der Waals surface area contributed by atoms with Crippen LogP contribution in [0.1, 0.15) is 29.5 Å². The SMILES string of the molecule is FC(F)(F)c1ccc(COc2ccc(CC3CCNCC3)cc2)cc1. The van der Waals surface area contributed by atoms with Gasteiger partial charge < -0.3 is 10.1 Å². The molecule has 1 saturated heterocycles. The van der Waals surface area contributed by atoms with Gasteiger partial charge in [0.15, 0.2) is 0 Å². The summed E-state index contributed by atoms with van der Waals surface area (Å²) in [6.45, 7) is 2.45. The van der Waals surface area contributed by atoms with E-state index in [1.807, 2.05) is 12.1 Å². The van der Waals surface area contributed by atoms with Crippen LogP contribution in [0.4, 0.5) is 13.2 Å². The zero-order valence-corrected chi connectivity index (χ0v) is 14.0. The van der Waals surface area contributed by atoms with Gasteiger partial charge in [-0.3, -0.25) is 0 Å². The van der Waals surface area contributed by atoms with Gasteiger partial charge in [-0.1, -0.05) is 24.3 Å². The molecule has 0 saturated carbocycles. The molecule has 0 aromatic heterocycles. The van der Waals surface area contributed by atoms with Gasteiger partial charge in [0.2, 0.25) is 0 Å². The quantitative estimate of drug-likeness (QED) is 0.835. The van der Waals surface area contributed by atoms with Gasteiger partial charge >= 0.3 is 6.18 Å². The monoisotopic (exact) mass is 349 g/mol. The van der Waals surface area contributed by atoms with E-state index >= 15 is 0 Å². The molecule has 1 heterocycles. The molecular weight excluding hydrogens is 327 g/mol. The van der Waals surface area contributed by atoms with Crippen molar-refractivity contribution in [3.05, 3.63) is 65.2 Å². The molecule has 0 amide bonds. The summed E-state index contributed by atoms with van der Waals surface area (Å²) in [7, 11) is 0. The second-order valence-corrected chi connectivity index (χ2v) is 6.52. The fraction of sp³-hybridized carbons (Fsp3) is 0.400. The van der Waals surface area contributed by atoms with Crippen LogP contribution in [-0.4, -0.2) is 13.1 Å². The van der Waals surface area contributed by atoms with Gasteiger partial charge in [0.1, 0.15) is 12.4 Å². The second kappa shape index (κ2) is 7.91. The fourth-order valence-electron chi connectivity index (χ4n) is 3.10. The standard InChI is InChI=1S/C20H22F3NO/c21-20(22,23)18-5-1-17(2-6-18)14-25-19-7-3-15(4-8-19)13-16-9-11-24-12-10-16/h1-8,16,24H,9-14H2. The lowest BCUT2D eigenvalue weighted by molar-refractivity contribution is -0.137. The van der Waals surface area contributed by atoms with Gasteiger partial charge in [0.05, 0.1) is 5.56 Å². The molecule has 1 aliphatic rings. The number of ether oxygens (including phenoxy) is 1. The highest BCUT2D eigenvalue weighted by atomic mass is 19.4. The van der Waals surface area contributed by atoms with Crippen molar-refractivity contribution in [1.29, 1.82) is 0 Å². The van der Waals surface area contributed by atoms with E-state index in [-0.39, 0.29) is 6.61 Å². The minimum absolute atomic E-state index is 0.256. The molecule has 0 aliphatic carbocycles. The van der Waals surface area contributed by atoms with E-state index in [2.05, 4.69) is 17.4 Å². The number of alkyl halides is 3. The second-order valence-electron chi connectivity index (χ2n) is 6.52. The Balaban J connectivity index is 1.51. The first-order chi connectivity index (χ1) is 12.0. The van der Waals surface area contributed by atoms with E-state index in [4.69, 9.17) is 4.74 Å². The van der Waals surface area contributed by atoms with Crippen LogP contribution < -0.4 is 10.1 Å². The van der Waals surface area contributed by atoms with Crippen molar-refractivity contribution in [3.8, 4) is 5.75 Å². The number of piperidine rings is 1. The zero-order chi connectivity index (χ0) is 17.7. The number of hydrogen-bond donors (Lipinski definition) is 1. The Morgan fingerprint density at radius 2 is 1.48 bits per heavy atom. The first-order valence-corrected chi connectivity index (χ1v) is 8.59. The normalized spacial score (nSPS) is 16.0. The van der Waals surface area contributed by atoms with Crippen LogP contribution in [0.2, 0.25) is 0 Å². The summed E-state index contributed by atoms with van der Waals surface area (Å²) in [5.74, 6) is 1.47. The Morgan fingerprint density at radius 3 is 2.08 bits per heavy atom. The predicted molar refractivity (Wildman–Crippen MR) is 91.5 cm³/mol. The molecule has 0 radical (unpaired) electrons. The number of halogens is 3. The first-order valence-electron chi connectivity index (χ1n) is 8.59. The third kappa shape index (κ3) is 5.23. The Hall–Kier alpha value is -2.01. The van der Waals surface area contributed by atoms with Crippen LogP contribution in [0, 0.1) is 5.92 Å². The smallest absolute Gasteiger partial charge is 0.416 e. The highest BCUT2D eigenvalue weighted by molar-refractivity contribution is 5.29. The number of rotatable bonds is 5. The highest BCUT2D eigenvalue weighted by Gasteiger charge is 2.29. The molecule has 2 nitrogen and oxygen atoms in total. The summed E-state index contributed by atoms with van der Waals surface area (Å²) >= 11 is 0. The highest BCUT2D eigenvalue weighted by Crippen LogP contribution is 2.29. The minimum Gasteiger partial charge on any atom is -0.489 e. The summed E-state index contributed by atoms with van der Waals surface area (Å²) in [6.07, 6.45) is -0.789. The third-order valence-corrected chi connectivity index (χ3v) is 4.59. The van der Waals surface area contributed by atoms with Crippen LogP contribution in [0.15, 0.2) is 48.5 Å². The molecule has 134 valence electrons. The molecule has 2 aromatic rings. The lowest BCUT2D eigenvalue weighted by atomic mass is 9.91. The van der Waals surface area contributed by atoms with Crippen LogP contribution in [0.25, 0.3) is 0 Å². The van der Waals surface area contributed by atoms with Crippen molar-refractivity contribution in [1.82, 2.24) is 5.32 Å². The number of benzene rings is 2. The average molecular weight is 349 g/mol. The molecule has 5 heteroatoms. The Labute approximate surface area is 146 Å². The zero-order valence-electron chi connectivity index (χ0n) is 14.0. The summed E-state index contributed by atoms with van der Waals surface area (Å²) in [4.78, 5) is 0. The Morgan fingerprint density at radius 1 is 0.880 bits per heavy atom. The van der Waals surface area contributed by atoms with Gasteiger partial charge in [-0.25, -0.2) is 0 Å². The van der Waals surface area contributed by atoms with Crippen LogP contribution in [0.3, 0.4) is 0 Å². The van der Waals surface area contributed by atoms with Crippen LogP contribution in [0.5, 0.6) is 5.75 Å². The first kappa shape index (κ1) is 17.8. The molecular formula is C20H22F3NO. The maximum absolute atomic E-state index is 12.5. The molecule has 0 spiro atoms. The molecule has 1 fully saturated rings. The fourth-order valence-corrected chi connectivity index (χ4v) is 3.10. The average Bonchev–Trinajstić information content (AvgIpc) is 2.62. The maximum Gasteiger partial charge on any atom is 0.416 e. The van der Waals surface area contributed by atoms with Crippen LogP contribution >= 0.6 is 0 Å². The largest absolute Gasteiger partial charge is 0.489 e. The summed E-state index contributed by atoms with van der Waals surface area (Å²) in [5, 5.41) is 3.37. The lowest BCUT2D eigenvalue weighted by Gasteiger charge is -2.22. The molecule has 0 unspecified atom stereocenters. The lowest BCUT2D eigenvalue weighted by Crippen LogP contribution is -2.28. The summed E-state index contributed by atoms with van der Waals surface area (Å²) < 4.78 is 43.3. The van der Waals surface area contributed by atoms with Gasteiger partial charge in [0.25, 0.3) is 0 Å². The van der Waals surface area contributed by atoms with E-state index in [0.29, 0.717) is 5.56 Å². The molecule has 1 aliphatic heterocycles. The van der Waals surface area contributed by atoms with Gasteiger partial charge in [-0.2, -0.15) is 13.2 Å². The Kier molecular flexibility index (Phi) is 5.63. The molecule has 1 N–H and O–H groups in total. The Bertz CT molecular complexity index is 659. The molecule has 3 rings (SSSR count). The van der Waals surface area contributed by atoms with Crippen molar-refractivity contribution < 1.29 is 17.9 Å². The number of hydrogen-bond acceptors (Lipinski definition) is 2. The summed E-state index contributed by atoms with van der Waals surface area (Å²) in [5.41, 5.74) is 1.37. The third-order valence-electron chi connectivity index (χ3n) is 4.59. The van der Waals surface area contributed by atoms with Gasteiger partial charge in [-0.05, 0) is 73.7 Å². The van der Waals surface area contributed by atoms with E-state index in [0.717, 1.165) is 43.3 Å². The number of nitrogens with one attached hydrogen (secondary N) is 1. The van der Waals surface area contributed by atoms with Gasteiger partial charge in [0, 0.05) is 0 Å². The van der Waals surface area contributed by atoms with Gasteiger partial charge in [-0.15, -0.1) is 0 Å². The minimum atomic E-state index is -4.30. The molecule has 0 atom stereocenters. The van der Waals surface area contributed by atoms with Crippen molar-refractivity contribution in [2.24, 2.45) is 5.92 Å². The molecule has 2 aromatic carbocycles. The molecule has 25 heavy (non-hydrogen) atoms. The van der Waals surface area contributed by atoms with E-state index in [9.17, 15) is 13.2 Å². The van der Waals surface area contributed by atoms with E-state index in [1.54, 1.807) is 0 Å². The maximum atomic E-state index is 12.5.